The number of carbonyl (C=O) groups excluding carboxylic acids is 1. The van der Waals surface area contributed by atoms with Gasteiger partial charge in [0.1, 0.15) is 17.3 Å². The van der Waals surface area contributed by atoms with E-state index in [1.54, 1.807) is 44.2 Å². The molecule has 0 saturated carbocycles. The van der Waals surface area contributed by atoms with Crippen molar-refractivity contribution in [3.05, 3.63) is 57.5 Å². The minimum Gasteiger partial charge on any atom is -0.460 e. The zero-order valence-corrected chi connectivity index (χ0v) is 13.8. The second-order valence-electron chi connectivity index (χ2n) is 4.98. The summed E-state index contributed by atoms with van der Waals surface area (Å²) in [5.41, 5.74) is 1.01. The van der Waals surface area contributed by atoms with Crippen molar-refractivity contribution in [3.8, 4) is 11.3 Å². The van der Waals surface area contributed by atoms with Gasteiger partial charge in [-0.3, -0.25) is 4.79 Å². The molecule has 3 rings (SSSR count). The quantitative estimate of drug-likeness (QED) is 0.712. The summed E-state index contributed by atoms with van der Waals surface area (Å²) in [6, 6.07) is 8.29. The Bertz CT molecular complexity index is 883. The Kier molecular flexibility index (Phi) is 4.15. The number of aromatic nitrogens is 1. The zero-order chi connectivity index (χ0) is 16.6. The molecule has 5 nitrogen and oxygen atoms in total. The number of hydrogen-bond donors (Lipinski definition) is 1. The zero-order valence-electron chi connectivity index (χ0n) is 12.3. The second-order valence-corrected chi connectivity index (χ2v) is 5.83. The molecule has 0 aliphatic rings. The van der Waals surface area contributed by atoms with Gasteiger partial charge in [0.2, 0.25) is 0 Å². The number of benzene rings is 1. The summed E-state index contributed by atoms with van der Waals surface area (Å²) in [6.07, 6.45) is 0. The minimum absolute atomic E-state index is 0.343. The number of halogens is 2. The van der Waals surface area contributed by atoms with Gasteiger partial charge >= 0.3 is 0 Å². The molecule has 0 saturated heterocycles. The van der Waals surface area contributed by atoms with E-state index < -0.39 is 0 Å². The van der Waals surface area contributed by atoms with Crippen molar-refractivity contribution >= 4 is 34.9 Å². The molecular weight excluding hydrogens is 339 g/mol. The van der Waals surface area contributed by atoms with Crippen LogP contribution in [0.3, 0.4) is 0 Å². The largest absolute Gasteiger partial charge is 0.460 e. The van der Waals surface area contributed by atoms with Crippen molar-refractivity contribution in [2.24, 2.45) is 0 Å². The third-order valence-corrected chi connectivity index (χ3v) is 3.79. The van der Waals surface area contributed by atoms with E-state index in [1.807, 2.05) is 0 Å². The van der Waals surface area contributed by atoms with Gasteiger partial charge in [0.25, 0.3) is 5.91 Å². The molecule has 0 spiro atoms. The molecule has 0 radical (unpaired) electrons. The van der Waals surface area contributed by atoms with E-state index in [2.05, 4.69) is 10.5 Å². The lowest BCUT2D eigenvalue weighted by Crippen LogP contribution is -2.12. The van der Waals surface area contributed by atoms with Crippen LogP contribution in [-0.2, 0) is 0 Å². The van der Waals surface area contributed by atoms with Crippen LogP contribution in [0.4, 0.5) is 5.82 Å². The number of rotatable bonds is 3. The van der Waals surface area contributed by atoms with Crippen molar-refractivity contribution in [2.75, 3.05) is 5.32 Å². The first kappa shape index (κ1) is 15.6. The van der Waals surface area contributed by atoms with Crippen LogP contribution in [0.25, 0.3) is 11.3 Å². The molecular formula is C16H12Cl2N2O3. The Labute approximate surface area is 142 Å². The van der Waals surface area contributed by atoms with Gasteiger partial charge in [0.15, 0.2) is 5.82 Å². The Morgan fingerprint density at radius 2 is 1.96 bits per heavy atom. The molecule has 1 aromatic carbocycles. The molecule has 0 unspecified atom stereocenters. The number of amides is 1. The van der Waals surface area contributed by atoms with Gasteiger partial charge in [-0.25, -0.2) is 0 Å². The molecule has 2 heterocycles. The van der Waals surface area contributed by atoms with Crippen LogP contribution < -0.4 is 5.32 Å². The molecule has 3 aromatic rings. The Morgan fingerprint density at radius 1 is 1.17 bits per heavy atom. The molecule has 2 aromatic heterocycles. The van der Waals surface area contributed by atoms with Crippen LogP contribution in [0.2, 0.25) is 10.0 Å². The monoisotopic (exact) mass is 350 g/mol. The summed E-state index contributed by atoms with van der Waals surface area (Å²) >= 11 is 12.2. The van der Waals surface area contributed by atoms with E-state index in [-0.39, 0.29) is 5.91 Å². The van der Waals surface area contributed by atoms with Crippen molar-refractivity contribution in [3.63, 3.8) is 0 Å². The molecule has 7 heteroatoms. The standard InChI is InChI=1S/C16H12Cl2N2O3/c1-8-5-15(20-23-8)19-16(21)11-7-14(22-9(11)2)12-6-10(17)3-4-13(12)18/h3-7H,1-2H3,(H,19,20,21). The minimum atomic E-state index is -0.344. The van der Waals surface area contributed by atoms with Crippen molar-refractivity contribution < 1.29 is 13.7 Å². The first-order valence-electron chi connectivity index (χ1n) is 6.74. The third kappa shape index (κ3) is 3.25. The summed E-state index contributed by atoms with van der Waals surface area (Å²) in [7, 11) is 0. The number of furan rings is 1. The lowest BCUT2D eigenvalue weighted by Gasteiger charge is -2.00. The average molecular weight is 351 g/mol. The van der Waals surface area contributed by atoms with E-state index in [0.717, 1.165) is 0 Å². The second kappa shape index (κ2) is 6.10. The van der Waals surface area contributed by atoms with Gasteiger partial charge in [-0.05, 0) is 38.1 Å². The van der Waals surface area contributed by atoms with Gasteiger partial charge in [0, 0.05) is 16.7 Å². The lowest BCUT2D eigenvalue weighted by molar-refractivity contribution is 0.102. The molecule has 0 aliphatic carbocycles. The third-order valence-electron chi connectivity index (χ3n) is 3.23. The number of nitrogens with zero attached hydrogens (tertiary/aromatic N) is 1. The van der Waals surface area contributed by atoms with Gasteiger partial charge in [-0.1, -0.05) is 28.4 Å². The maximum absolute atomic E-state index is 12.3. The van der Waals surface area contributed by atoms with Crippen molar-refractivity contribution in [1.29, 1.82) is 0 Å². The lowest BCUT2D eigenvalue weighted by atomic mass is 10.1. The van der Waals surface area contributed by atoms with Crippen LogP contribution in [0, 0.1) is 13.8 Å². The van der Waals surface area contributed by atoms with Gasteiger partial charge in [0.05, 0.1) is 10.6 Å². The fourth-order valence-electron chi connectivity index (χ4n) is 2.14. The highest BCUT2D eigenvalue weighted by Crippen LogP contribution is 2.33. The molecule has 1 N–H and O–H groups in total. The predicted octanol–water partition coefficient (Wildman–Crippen LogP) is 5.11. The Hall–Kier alpha value is -2.24. The molecule has 23 heavy (non-hydrogen) atoms. The fourth-order valence-corrected chi connectivity index (χ4v) is 2.52. The van der Waals surface area contributed by atoms with Crippen LogP contribution >= 0.6 is 23.2 Å². The smallest absolute Gasteiger partial charge is 0.260 e. The summed E-state index contributed by atoms with van der Waals surface area (Å²) in [6.45, 7) is 3.44. The van der Waals surface area contributed by atoms with Crippen molar-refractivity contribution in [2.45, 2.75) is 13.8 Å². The first-order chi connectivity index (χ1) is 10.9. The average Bonchev–Trinajstić information content (AvgIpc) is 3.07. The molecule has 0 fully saturated rings. The summed E-state index contributed by atoms with van der Waals surface area (Å²) in [4.78, 5) is 12.3. The predicted molar refractivity (Wildman–Crippen MR) is 88.1 cm³/mol. The summed E-state index contributed by atoms with van der Waals surface area (Å²) in [5.74, 6) is 1.54. The number of hydrogen-bond acceptors (Lipinski definition) is 4. The molecule has 0 bridgehead atoms. The highest BCUT2D eigenvalue weighted by atomic mass is 35.5. The number of nitrogens with one attached hydrogen (secondary N) is 1. The number of anilines is 1. The van der Waals surface area contributed by atoms with E-state index in [1.165, 1.54) is 0 Å². The first-order valence-corrected chi connectivity index (χ1v) is 7.50. The van der Waals surface area contributed by atoms with Crippen LogP contribution in [0.5, 0.6) is 0 Å². The maximum Gasteiger partial charge on any atom is 0.260 e. The molecule has 0 atom stereocenters. The highest BCUT2D eigenvalue weighted by Gasteiger charge is 2.18. The maximum atomic E-state index is 12.3. The number of carbonyl (C=O) groups is 1. The number of aryl methyl sites for hydroxylation is 2. The summed E-state index contributed by atoms with van der Waals surface area (Å²) in [5, 5.41) is 7.39. The fraction of sp³-hybridized carbons (Fsp3) is 0.125. The van der Waals surface area contributed by atoms with E-state index in [0.29, 0.717) is 44.3 Å². The van der Waals surface area contributed by atoms with E-state index in [9.17, 15) is 4.79 Å². The van der Waals surface area contributed by atoms with Crippen LogP contribution in [0.15, 0.2) is 39.3 Å². The van der Waals surface area contributed by atoms with Gasteiger partial charge in [-0.2, -0.15) is 0 Å². The van der Waals surface area contributed by atoms with Crippen LogP contribution in [-0.4, -0.2) is 11.1 Å². The van der Waals surface area contributed by atoms with Gasteiger partial charge < -0.3 is 14.3 Å². The normalized spacial score (nSPS) is 10.8. The van der Waals surface area contributed by atoms with Gasteiger partial charge in [-0.15, -0.1) is 0 Å². The summed E-state index contributed by atoms with van der Waals surface area (Å²) < 4.78 is 10.6. The Morgan fingerprint density at radius 3 is 2.65 bits per heavy atom. The highest BCUT2D eigenvalue weighted by molar-refractivity contribution is 6.35. The topological polar surface area (TPSA) is 68.3 Å². The molecule has 0 aliphatic heterocycles. The molecule has 118 valence electrons. The van der Waals surface area contributed by atoms with Crippen molar-refractivity contribution in [1.82, 2.24) is 5.16 Å². The SMILES string of the molecule is Cc1cc(NC(=O)c2cc(-c3cc(Cl)ccc3Cl)oc2C)no1. The van der Waals surface area contributed by atoms with E-state index in [4.69, 9.17) is 32.1 Å². The molecule has 1 amide bonds. The van der Waals surface area contributed by atoms with E-state index >= 15 is 0 Å². The Balaban J connectivity index is 1.91. The van der Waals surface area contributed by atoms with Crippen LogP contribution in [0.1, 0.15) is 21.9 Å².